The van der Waals surface area contributed by atoms with E-state index in [2.05, 4.69) is 34.1 Å². The Morgan fingerprint density at radius 2 is 1.57 bits per heavy atom. The number of carbonyl (C=O) groups excluding carboxylic acids is 1. The summed E-state index contributed by atoms with van der Waals surface area (Å²) >= 11 is 0. The number of hydrogen-bond acceptors (Lipinski definition) is 8. The number of aromatic amines is 1. The van der Waals surface area contributed by atoms with Crippen LogP contribution in [0.5, 0.6) is 0 Å². The van der Waals surface area contributed by atoms with Gasteiger partial charge in [0.05, 0.1) is 12.9 Å². The van der Waals surface area contributed by atoms with Crippen LogP contribution >= 0.6 is 0 Å². The second-order valence-electron chi connectivity index (χ2n) is 12.5. The average Bonchev–Trinajstić information content (AvgIpc) is 3.35. The predicted molar refractivity (Wildman–Crippen MR) is 154 cm³/mol. The maximum absolute atomic E-state index is 12.7. The fourth-order valence-electron chi connectivity index (χ4n) is 5.62. The zero-order valence-electron chi connectivity index (χ0n) is 25.0. The van der Waals surface area contributed by atoms with E-state index in [1.54, 1.807) is 0 Å². The molecule has 0 spiro atoms. The van der Waals surface area contributed by atoms with Gasteiger partial charge in [-0.3, -0.25) is 24.5 Å². The minimum atomic E-state index is -1.92. The number of aliphatic hydroxyl groups excluding tert-OH is 1. The lowest BCUT2D eigenvalue weighted by molar-refractivity contribution is -0.192. The minimum absolute atomic E-state index is 0.0178. The lowest BCUT2D eigenvalue weighted by Gasteiger charge is -2.42. The molecule has 1 fully saturated rings. The molecule has 0 saturated carbocycles. The van der Waals surface area contributed by atoms with E-state index in [0.717, 1.165) is 25.2 Å². The first-order valence-corrected chi connectivity index (χ1v) is 14.7. The zero-order chi connectivity index (χ0) is 29.8. The van der Waals surface area contributed by atoms with E-state index in [1.165, 1.54) is 83.5 Å². The van der Waals surface area contributed by atoms with Crippen molar-refractivity contribution < 1.29 is 24.9 Å². The summed E-state index contributed by atoms with van der Waals surface area (Å²) in [5.41, 5.74) is -7.49. The van der Waals surface area contributed by atoms with Gasteiger partial charge in [0.15, 0.2) is 16.9 Å². The Kier molecular flexibility index (Phi) is 10.2. The van der Waals surface area contributed by atoms with Crippen molar-refractivity contribution in [2.75, 3.05) is 11.9 Å². The van der Waals surface area contributed by atoms with Crippen molar-refractivity contribution >= 4 is 23.0 Å². The molecule has 0 radical (unpaired) electrons. The van der Waals surface area contributed by atoms with Crippen LogP contribution in [0.4, 0.5) is 5.95 Å². The smallest absolute Gasteiger partial charge is 0.280 e. The highest BCUT2D eigenvalue weighted by Crippen LogP contribution is 2.54. The van der Waals surface area contributed by atoms with Gasteiger partial charge in [-0.2, -0.15) is 4.98 Å². The Morgan fingerprint density at radius 1 is 1.00 bits per heavy atom. The minimum Gasteiger partial charge on any atom is -0.393 e. The maximum Gasteiger partial charge on any atom is 0.280 e. The van der Waals surface area contributed by atoms with Gasteiger partial charge in [0.1, 0.15) is 16.8 Å². The Labute approximate surface area is 236 Å². The topological polar surface area (TPSA) is 163 Å². The molecule has 2 aromatic heterocycles. The van der Waals surface area contributed by atoms with Gasteiger partial charge in [-0.25, -0.2) is 4.98 Å². The van der Waals surface area contributed by atoms with Crippen LogP contribution in [0.3, 0.4) is 0 Å². The highest BCUT2D eigenvalue weighted by atomic mass is 16.6. The highest BCUT2D eigenvalue weighted by molar-refractivity contribution is 5.89. The van der Waals surface area contributed by atoms with Gasteiger partial charge in [0.25, 0.3) is 5.56 Å². The average molecular weight is 564 g/mol. The number of unbranched alkanes of at least 4 members (excludes halogenated alkanes) is 8. The summed E-state index contributed by atoms with van der Waals surface area (Å²) in [5, 5.41) is 35.2. The van der Waals surface area contributed by atoms with E-state index in [0.29, 0.717) is 6.42 Å². The maximum atomic E-state index is 12.7. The van der Waals surface area contributed by atoms with Crippen LogP contribution in [-0.4, -0.2) is 64.2 Å². The van der Waals surface area contributed by atoms with Crippen molar-refractivity contribution in [3.63, 3.8) is 0 Å². The molecule has 1 saturated heterocycles. The Hall–Kier alpha value is -2.34. The van der Waals surface area contributed by atoms with Gasteiger partial charge in [0.2, 0.25) is 11.9 Å². The molecule has 0 aromatic carbocycles. The van der Waals surface area contributed by atoms with Crippen LogP contribution in [0.2, 0.25) is 0 Å². The number of nitrogens with zero attached hydrogens (tertiary/aromatic N) is 3. The number of H-pyrrole nitrogens is 1. The summed E-state index contributed by atoms with van der Waals surface area (Å²) in [6.45, 7) is 9.77. The molecule has 3 heterocycles. The molecule has 11 nitrogen and oxygen atoms in total. The molecule has 5 N–H and O–H groups in total. The molecule has 1 aliphatic heterocycles. The summed E-state index contributed by atoms with van der Waals surface area (Å²) in [5.74, 6) is 0.486. The molecule has 11 heteroatoms. The lowest BCUT2D eigenvalue weighted by Crippen LogP contribution is -2.63. The number of rotatable bonds is 15. The van der Waals surface area contributed by atoms with Crippen LogP contribution in [0, 0.1) is 5.92 Å². The zero-order valence-corrected chi connectivity index (χ0v) is 25.0. The van der Waals surface area contributed by atoms with E-state index >= 15 is 0 Å². The van der Waals surface area contributed by atoms with E-state index in [-0.39, 0.29) is 23.0 Å². The molecule has 2 aromatic rings. The molecule has 1 amide bonds. The van der Waals surface area contributed by atoms with E-state index < -0.39 is 34.7 Å². The summed E-state index contributed by atoms with van der Waals surface area (Å²) in [7, 11) is 0. The summed E-state index contributed by atoms with van der Waals surface area (Å²) in [6, 6.07) is 0. The van der Waals surface area contributed by atoms with Crippen molar-refractivity contribution in [3.8, 4) is 0 Å². The van der Waals surface area contributed by atoms with Crippen LogP contribution in [-0.2, 0) is 15.3 Å². The molecule has 0 aliphatic carbocycles. The number of hydrogen-bond donors (Lipinski definition) is 5. The molecular formula is C29H49N5O6. The monoisotopic (exact) mass is 563 g/mol. The number of amides is 1. The molecule has 4 unspecified atom stereocenters. The number of carbonyl (C=O) groups is 1. The fraction of sp³-hybridized carbons (Fsp3) is 0.793. The standard InChI is InChI=1S/C29H49N5O6/c1-20(2)16-14-12-10-8-7-9-11-13-15-17-21(36)31-25-32-23-22(24(37)33-25)30-19-34(23)29(6)28(5,39)27(4,38)26(3,18-35)40-29/h19-20,35,38-39H,7-18H2,1-6H3,(H2,31,32,33,36,37). The van der Waals surface area contributed by atoms with Crippen LogP contribution in [0.1, 0.15) is 112 Å². The lowest BCUT2D eigenvalue weighted by atomic mass is 9.73. The molecule has 3 rings (SSSR count). The number of anilines is 1. The van der Waals surface area contributed by atoms with E-state index in [1.807, 2.05) is 0 Å². The van der Waals surface area contributed by atoms with Crippen molar-refractivity contribution in [2.45, 2.75) is 135 Å². The second kappa shape index (κ2) is 12.7. The third-order valence-electron chi connectivity index (χ3n) is 8.92. The third kappa shape index (κ3) is 6.27. The first-order valence-electron chi connectivity index (χ1n) is 14.7. The Balaban J connectivity index is 1.58. The van der Waals surface area contributed by atoms with Crippen LogP contribution < -0.4 is 10.9 Å². The molecular weight excluding hydrogens is 514 g/mol. The predicted octanol–water partition coefficient (Wildman–Crippen LogP) is 3.96. The molecule has 40 heavy (non-hydrogen) atoms. The number of aromatic nitrogens is 4. The third-order valence-corrected chi connectivity index (χ3v) is 8.92. The normalized spacial score (nSPS) is 28.6. The van der Waals surface area contributed by atoms with Crippen molar-refractivity contribution in [1.82, 2.24) is 19.5 Å². The first-order chi connectivity index (χ1) is 18.7. The number of ether oxygens (including phenoxy) is 1. The van der Waals surface area contributed by atoms with Gasteiger partial charge in [-0.1, -0.05) is 71.6 Å². The summed E-state index contributed by atoms with van der Waals surface area (Å²) in [6.07, 6.45) is 13.3. The van der Waals surface area contributed by atoms with E-state index in [9.17, 15) is 24.9 Å². The Bertz CT molecular complexity index is 1210. The highest BCUT2D eigenvalue weighted by Gasteiger charge is 2.73. The fourth-order valence-corrected chi connectivity index (χ4v) is 5.62. The first kappa shape index (κ1) is 32.2. The number of aliphatic hydroxyl groups is 3. The molecule has 4 atom stereocenters. The summed E-state index contributed by atoms with van der Waals surface area (Å²) < 4.78 is 7.44. The second-order valence-corrected chi connectivity index (χ2v) is 12.5. The SMILES string of the molecule is CC(C)CCCCCCCCCCCC(=O)Nc1nc2c(ncn2C2(C)OC(C)(CO)C(C)(O)C2(C)O)c(=O)[nH]1. The van der Waals surface area contributed by atoms with Gasteiger partial charge in [-0.05, 0) is 40.0 Å². The molecule has 1 aliphatic rings. The van der Waals surface area contributed by atoms with E-state index in [4.69, 9.17) is 4.74 Å². The van der Waals surface area contributed by atoms with Gasteiger partial charge < -0.3 is 20.1 Å². The largest absolute Gasteiger partial charge is 0.393 e. The van der Waals surface area contributed by atoms with Crippen LogP contribution in [0.25, 0.3) is 11.2 Å². The molecule has 0 bridgehead atoms. The number of nitrogens with one attached hydrogen (secondary N) is 2. The van der Waals surface area contributed by atoms with Gasteiger partial charge in [0, 0.05) is 6.42 Å². The van der Waals surface area contributed by atoms with Crippen LogP contribution in [0.15, 0.2) is 11.1 Å². The number of imidazole rings is 1. The van der Waals surface area contributed by atoms with Crippen molar-refractivity contribution in [1.29, 1.82) is 0 Å². The quantitative estimate of drug-likeness (QED) is 0.203. The Morgan fingerprint density at radius 3 is 2.12 bits per heavy atom. The van der Waals surface area contributed by atoms with Gasteiger partial charge >= 0.3 is 0 Å². The van der Waals surface area contributed by atoms with Crippen molar-refractivity contribution in [2.24, 2.45) is 5.92 Å². The molecule has 226 valence electrons. The van der Waals surface area contributed by atoms with Gasteiger partial charge in [-0.15, -0.1) is 0 Å². The summed E-state index contributed by atoms with van der Waals surface area (Å²) in [4.78, 5) is 36.4. The van der Waals surface area contributed by atoms with Crippen molar-refractivity contribution in [3.05, 3.63) is 16.7 Å². The number of fused-ring (bicyclic) bond motifs is 1.